The molecule has 0 aliphatic heterocycles. The van der Waals surface area contributed by atoms with Gasteiger partial charge in [0.05, 0.1) is 13.0 Å². The van der Waals surface area contributed by atoms with Gasteiger partial charge in [-0.1, -0.05) is 19.1 Å². The van der Waals surface area contributed by atoms with Crippen molar-refractivity contribution < 1.29 is 19.4 Å². The molecule has 1 aromatic rings. The van der Waals surface area contributed by atoms with Gasteiger partial charge in [0.15, 0.2) is 0 Å². The highest BCUT2D eigenvalue weighted by Gasteiger charge is 2.15. The van der Waals surface area contributed by atoms with Crippen molar-refractivity contribution in [3.63, 3.8) is 0 Å². The van der Waals surface area contributed by atoms with E-state index in [0.29, 0.717) is 5.75 Å². The predicted molar refractivity (Wildman–Crippen MR) is 76.5 cm³/mol. The first-order valence-electron chi connectivity index (χ1n) is 6.24. The van der Waals surface area contributed by atoms with Gasteiger partial charge in [-0.25, -0.2) is 0 Å². The van der Waals surface area contributed by atoms with Gasteiger partial charge in [0.1, 0.15) is 5.75 Å². The molecule has 0 bridgehead atoms. The molecule has 0 spiro atoms. The van der Waals surface area contributed by atoms with Gasteiger partial charge in [0, 0.05) is 19.7 Å². The number of hydrogen-bond acceptors (Lipinski definition) is 3. The van der Waals surface area contributed by atoms with Gasteiger partial charge in [-0.3, -0.25) is 9.59 Å². The minimum absolute atomic E-state index is 0.177. The van der Waals surface area contributed by atoms with Gasteiger partial charge >= 0.3 is 5.97 Å². The van der Waals surface area contributed by atoms with E-state index in [2.05, 4.69) is 0 Å². The fourth-order valence-electron chi connectivity index (χ4n) is 1.62. The monoisotopic (exact) mass is 277 g/mol. The van der Waals surface area contributed by atoms with Gasteiger partial charge < -0.3 is 14.7 Å². The van der Waals surface area contributed by atoms with Crippen LogP contribution >= 0.6 is 0 Å². The van der Waals surface area contributed by atoms with E-state index in [-0.39, 0.29) is 12.5 Å². The van der Waals surface area contributed by atoms with Gasteiger partial charge in [0.25, 0.3) is 0 Å². The molecule has 1 N–H and O–H groups in total. The number of carbonyl (C=O) groups is 2. The van der Waals surface area contributed by atoms with Crippen molar-refractivity contribution in [2.24, 2.45) is 5.92 Å². The zero-order valence-electron chi connectivity index (χ0n) is 11.9. The van der Waals surface area contributed by atoms with Crippen molar-refractivity contribution in [1.82, 2.24) is 4.90 Å². The Balaban J connectivity index is 2.64. The maximum Gasteiger partial charge on any atom is 0.308 e. The quantitative estimate of drug-likeness (QED) is 0.806. The Morgan fingerprint density at radius 1 is 1.45 bits per heavy atom. The van der Waals surface area contributed by atoms with Crippen molar-refractivity contribution in [3.8, 4) is 5.75 Å². The SMILES string of the molecule is COc1cccc(/C=C/C(=O)N(C)C[C@@H](C)C(=O)O)c1. The summed E-state index contributed by atoms with van der Waals surface area (Å²) in [6, 6.07) is 7.31. The zero-order valence-corrected chi connectivity index (χ0v) is 11.9. The number of carboxylic acids is 1. The van der Waals surface area contributed by atoms with Crippen LogP contribution in [0.5, 0.6) is 5.75 Å². The first-order chi connectivity index (χ1) is 9.43. The molecule has 5 nitrogen and oxygen atoms in total. The molecule has 1 rings (SSSR count). The zero-order chi connectivity index (χ0) is 15.1. The number of amides is 1. The van der Waals surface area contributed by atoms with Crippen LogP contribution in [-0.4, -0.2) is 42.6 Å². The highest BCUT2D eigenvalue weighted by atomic mass is 16.5. The number of nitrogens with zero attached hydrogens (tertiary/aromatic N) is 1. The molecule has 0 aliphatic carbocycles. The van der Waals surface area contributed by atoms with Crippen molar-refractivity contribution in [3.05, 3.63) is 35.9 Å². The molecule has 108 valence electrons. The standard InChI is InChI=1S/C15H19NO4/c1-11(15(18)19)10-16(2)14(17)8-7-12-5-4-6-13(9-12)20-3/h4-9,11H,10H2,1-3H3,(H,18,19)/b8-7+/t11-/m1/s1. The van der Waals surface area contributed by atoms with Gasteiger partial charge in [-0.15, -0.1) is 0 Å². The average molecular weight is 277 g/mol. The summed E-state index contributed by atoms with van der Waals surface area (Å²) in [5.41, 5.74) is 0.845. The predicted octanol–water partition coefficient (Wildman–Crippen LogP) is 1.89. The van der Waals surface area contributed by atoms with E-state index in [0.717, 1.165) is 5.56 Å². The topological polar surface area (TPSA) is 66.8 Å². The lowest BCUT2D eigenvalue weighted by Gasteiger charge is -2.17. The smallest absolute Gasteiger partial charge is 0.308 e. The molecule has 0 unspecified atom stereocenters. The third kappa shape index (κ3) is 4.76. The lowest BCUT2D eigenvalue weighted by Crippen LogP contribution is -2.32. The summed E-state index contributed by atoms with van der Waals surface area (Å²) >= 11 is 0. The summed E-state index contributed by atoms with van der Waals surface area (Å²) in [5.74, 6) is -1.02. The Morgan fingerprint density at radius 3 is 2.75 bits per heavy atom. The number of rotatable bonds is 6. The van der Waals surface area contributed by atoms with E-state index >= 15 is 0 Å². The Bertz CT molecular complexity index is 510. The molecule has 20 heavy (non-hydrogen) atoms. The van der Waals surface area contributed by atoms with Crippen LogP contribution in [-0.2, 0) is 9.59 Å². The van der Waals surface area contributed by atoms with E-state index in [4.69, 9.17) is 9.84 Å². The van der Waals surface area contributed by atoms with Crippen LogP contribution in [0.1, 0.15) is 12.5 Å². The normalized spacial score (nSPS) is 12.2. The largest absolute Gasteiger partial charge is 0.497 e. The first-order valence-corrected chi connectivity index (χ1v) is 6.24. The lowest BCUT2D eigenvalue weighted by molar-refractivity contribution is -0.142. The van der Waals surface area contributed by atoms with Crippen molar-refractivity contribution in [2.75, 3.05) is 20.7 Å². The van der Waals surface area contributed by atoms with E-state index in [1.54, 1.807) is 27.2 Å². The molecule has 1 aromatic carbocycles. The minimum Gasteiger partial charge on any atom is -0.497 e. The molecule has 0 aliphatic rings. The van der Waals surface area contributed by atoms with E-state index < -0.39 is 11.9 Å². The van der Waals surface area contributed by atoms with Crippen LogP contribution in [0.2, 0.25) is 0 Å². The fourth-order valence-corrected chi connectivity index (χ4v) is 1.62. The minimum atomic E-state index is -0.915. The second-order valence-electron chi connectivity index (χ2n) is 4.57. The van der Waals surface area contributed by atoms with Crippen LogP contribution in [0, 0.1) is 5.92 Å². The summed E-state index contributed by atoms with van der Waals surface area (Å²) in [4.78, 5) is 24.0. The van der Waals surface area contributed by atoms with E-state index in [9.17, 15) is 9.59 Å². The molecule has 5 heteroatoms. The number of benzene rings is 1. The third-order valence-electron chi connectivity index (χ3n) is 2.86. The maximum absolute atomic E-state index is 11.8. The van der Waals surface area contributed by atoms with Crippen molar-refractivity contribution >= 4 is 18.0 Å². The molecule has 0 aromatic heterocycles. The number of methoxy groups -OCH3 is 1. The molecule has 0 radical (unpaired) electrons. The molecular weight excluding hydrogens is 258 g/mol. The number of carboxylic acid groups (broad SMARTS) is 1. The third-order valence-corrected chi connectivity index (χ3v) is 2.86. The molecular formula is C15H19NO4. The summed E-state index contributed by atoms with van der Waals surface area (Å²) in [6.07, 6.45) is 3.09. The van der Waals surface area contributed by atoms with Crippen molar-refractivity contribution in [1.29, 1.82) is 0 Å². The van der Waals surface area contributed by atoms with Gasteiger partial charge in [-0.05, 0) is 23.8 Å². The van der Waals surface area contributed by atoms with Crippen LogP contribution in [0.3, 0.4) is 0 Å². The van der Waals surface area contributed by atoms with Crippen LogP contribution < -0.4 is 4.74 Å². The molecule has 1 atom stereocenters. The number of aliphatic carboxylic acids is 1. The second kappa shape index (κ2) is 7.33. The highest BCUT2D eigenvalue weighted by molar-refractivity contribution is 5.91. The summed E-state index contributed by atoms with van der Waals surface area (Å²) in [5, 5.41) is 8.81. The van der Waals surface area contributed by atoms with Crippen LogP contribution in [0.4, 0.5) is 0 Å². The first kappa shape index (κ1) is 15.8. The summed E-state index contributed by atoms with van der Waals surface area (Å²) in [6.45, 7) is 1.74. The summed E-state index contributed by atoms with van der Waals surface area (Å²) < 4.78 is 5.09. The van der Waals surface area contributed by atoms with Crippen molar-refractivity contribution in [2.45, 2.75) is 6.92 Å². The highest BCUT2D eigenvalue weighted by Crippen LogP contribution is 2.13. The Labute approximate surface area is 118 Å². The molecule has 0 heterocycles. The fraction of sp³-hybridized carbons (Fsp3) is 0.333. The van der Waals surface area contributed by atoms with Crippen LogP contribution in [0.15, 0.2) is 30.3 Å². The number of hydrogen-bond donors (Lipinski definition) is 1. The Kier molecular flexibility index (Phi) is 5.77. The Morgan fingerprint density at radius 2 is 2.15 bits per heavy atom. The Hall–Kier alpha value is -2.30. The van der Waals surface area contributed by atoms with Gasteiger partial charge in [0.2, 0.25) is 5.91 Å². The lowest BCUT2D eigenvalue weighted by atomic mass is 10.1. The maximum atomic E-state index is 11.8. The van der Waals surface area contributed by atoms with E-state index in [1.807, 2.05) is 24.3 Å². The number of likely N-dealkylation sites (N-methyl/N-ethyl adjacent to an activating group) is 1. The molecule has 0 saturated heterocycles. The van der Waals surface area contributed by atoms with Crippen LogP contribution in [0.25, 0.3) is 6.08 Å². The molecule has 0 saturated carbocycles. The summed E-state index contributed by atoms with van der Waals surface area (Å²) in [7, 11) is 3.16. The molecule has 1 amide bonds. The van der Waals surface area contributed by atoms with E-state index in [1.165, 1.54) is 11.0 Å². The molecule has 0 fully saturated rings. The number of carbonyl (C=O) groups excluding carboxylic acids is 1. The van der Waals surface area contributed by atoms with Gasteiger partial charge in [-0.2, -0.15) is 0 Å². The number of ether oxygens (including phenoxy) is 1. The second-order valence-corrected chi connectivity index (χ2v) is 4.57. The average Bonchev–Trinajstić information content (AvgIpc) is 2.44.